The number of aliphatic hydroxyl groups excluding tert-OH is 1. The van der Waals surface area contributed by atoms with E-state index in [0.29, 0.717) is 19.1 Å². The number of aromatic nitrogens is 1. The molecule has 0 spiro atoms. The van der Waals surface area contributed by atoms with Crippen molar-refractivity contribution in [3.05, 3.63) is 23.4 Å². The van der Waals surface area contributed by atoms with Crippen LogP contribution in [0.15, 0.2) is 12.1 Å². The van der Waals surface area contributed by atoms with Crippen LogP contribution in [0, 0.1) is 0 Å². The molecule has 4 nitrogen and oxygen atoms in total. The lowest BCUT2D eigenvalue weighted by Crippen LogP contribution is -2.15. The molecular formula is C14H23NO3. The van der Waals surface area contributed by atoms with Gasteiger partial charge in [-0.1, -0.05) is 20.8 Å². The second-order valence-corrected chi connectivity index (χ2v) is 5.30. The summed E-state index contributed by atoms with van der Waals surface area (Å²) < 4.78 is 10.5. The molecule has 1 heterocycles. The predicted molar refractivity (Wildman–Crippen MR) is 70.8 cm³/mol. The number of hydrogen-bond acceptors (Lipinski definition) is 4. The van der Waals surface area contributed by atoms with Gasteiger partial charge in [0.05, 0.1) is 18.9 Å². The van der Waals surface area contributed by atoms with Gasteiger partial charge in [0, 0.05) is 31.6 Å². The summed E-state index contributed by atoms with van der Waals surface area (Å²) in [5.41, 5.74) is 1.70. The van der Waals surface area contributed by atoms with E-state index in [1.807, 2.05) is 6.07 Å². The Balaban J connectivity index is 2.78. The molecule has 102 valence electrons. The van der Waals surface area contributed by atoms with Crippen LogP contribution in [0.1, 0.15) is 38.4 Å². The Morgan fingerprint density at radius 3 is 2.50 bits per heavy atom. The molecule has 1 aromatic rings. The van der Waals surface area contributed by atoms with E-state index in [4.69, 9.17) is 9.47 Å². The highest BCUT2D eigenvalue weighted by Gasteiger charge is 2.17. The Morgan fingerprint density at radius 1 is 1.22 bits per heavy atom. The lowest BCUT2D eigenvalue weighted by molar-refractivity contribution is 0.170. The molecule has 0 aliphatic carbocycles. The summed E-state index contributed by atoms with van der Waals surface area (Å²) in [6.07, 6.45) is 0.826. The minimum absolute atomic E-state index is 0.0000309. The van der Waals surface area contributed by atoms with Crippen LogP contribution >= 0.6 is 0 Å². The zero-order valence-corrected chi connectivity index (χ0v) is 11.7. The van der Waals surface area contributed by atoms with Gasteiger partial charge in [-0.3, -0.25) is 0 Å². The van der Waals surface area contributed by atoms with E-state index < -0.39 is 0 Å². The summed E-state index contributed by atoms with van der Waals surface area (Å²) >= 11 is 0. The molecule has 0 saturated carbocycles. The minimum atomic E-state index is -0.0597. The third-order valence-corrected chi connectivity index (χ3v) is 2.56. The van der Waals surface area contributed by atoms with Gasteiger partial charge in [-0.05, 0) is 11.6 Å². The SMILES string of the molecule is COCCCOc1cc(CO)cc(C(C)(C)C)n1. The molecule has 0 saturated heterocycles. The summed E-state index contributed by atoms with van der Waals surface area (Å²) in [4.78, 5) is 4.48. The van der Waals surface area contributed by atoms with Crippen LogP contribution in [0.4, 0.5) is 0 Å². The molecule has 0 atom stereocenters. The quantitative estimate of drug-likeness (QED) is 0.790. The lowest BCUT2D eigenvalue weighted by Gasteiger charge is -2.19. The van der Waals surface area contributed by atoms with Gasteiger partial charge in [-0.15, -0.1) is 0 Å². The van der Waals surface area contributed by atoms with Gasteiger partial charge in [0.2, 0.25) is 5.88 Å². The first-order valence-corrected chi connectivity index (χ1v) is 6.21. The average molecular weight is 253 g/mol. The van der Waals surface area contributed by atoms with E-state index >= 15 is 0 Å². The Labute approximate surface area is 109 Å². The largest absolute Gasteiger partial charge is 0.478 e. The average Bonchev–Trinajstić information content (AvgIpc) is 2.33. The number of methoxy groups -OCH3 is 1. The Hall–Kier alpha value is -1.13. The zero-order valence-electron chi connectivity index (χ0n) is 11.7. The molecule has 0 aromatic carbocycles. The van der Waals surface area contributed by atoms with Crippen molar-refractivity contribution >= 4 is 0 Å². The van der Waals surface area contributed by atoms with E-state index in [1.165, 1.54) is 0 Å². The van der Waals surface area contributed by atoms with Crippen molar-refractivity contribution in [1.29, 1.82) is 0 Å². The molecule has 1 N–H and O–H groups in total. The van der Waals surface area contributed by atoms with Crippen molar-refractivity contribution in [1.82, 2.24) is 4.98 Å². The maximum absolute atomic E-state index is 9.26. The molecule has 1 aromatic heterocycles. The molecule has 0 unspecified atom stereocenters. The molecule has 4 heteroatoms. The Kier molecular flexibility index (Phi) is 5.56. The molecule has 0 amide bonds. The van der Waals surface area contributed by atoms with Gasteiger partial charge in [0.25, 0.3) is 0 Å². The fourth-order valence-electron chi connectivity index (χ4n) is 1.49. The summed E-state index contributed by atoms with van der Waals surface area (Å²) in [6, 6.07) is 3.70. The van der Waals surface area contributed by atoms with Gasteiger partial charge < -0.3 is 14.6 Å². The summed E-state index contributed by atoms with van der Waals surface area (Å²) in [6.45, 7) is 7.51. The van der Waals surface area contributed by atoms with Crippen molar-refractivity contribution in [3.8, 4) is 5.88 Å². The Bertz CT molecular complexity index is 372. The van der Waals surface area contributed by atoms with Gasteiger partial charge in [-0.25, -0.2) is 4.98 Å². The normalized spacial score (nSPS) is 11.6. The molecular weight excluding hydrogens is 230 g/mol. The maximum atomic E-state index is 9.26. The summed E-state index contributed by atoms with van der Waals surface area (Å²) in [5.74, 6) is 0.572. The van der Waals surface area contributed by atoms with Crippen molar-refractivity contribution in [2.45, 2.75) is 39.2 Å². The van der Waals surface area contributed by atoms with Crippen molar-refractivity contribution in [3.63, 3.8) is 0 Å². The molecule has 0 aliphatic heterocycles. The fourth-order valence-corrected chi connectivity index (χ4v) is 1.49. The highest BCUT2D eigenvalue weighted by molar-refractivity contribution is 5.28. The van der Waals surface area contributed by atoms with Crippen LogP contribution in [-0.2, 0) is 16.8 Å². The van der Waals surface area contributed by atoms with Gasteiger partial charge >= 0.3 is 0 Å². The van der Waals surface area contributed by atoms with Gasteiger partial charge in [0.15, 0.2) is 0 Å². The van der Waals surface area contributed by atoms with E-state index in [2.05, 4.69) is 25.8 Å². The van der Waals surface area contributed by atoms with Crippen LogP contribution in [0.3, 0.4) is 0 Å². The van der Waals surface area contributed by atoms with Crippen molar-refractivity contribution in [2.24, 2.45) is 0 Å². The third-order valence-electron chi connectivity index (χ3n) is 2.56. The summed E-state index contributed by atoms with van der Waals surface area (Å²) in [5, 5.41) is 9.26. The first-order chi connectivity index (χ1) is 8.47. The number of aliphatic hydroxyl groups is 1. The first-order valence-electron chi connectivity index (χ1n) is 6.21. The molecule has 0 bridgehead atoms. The first kappa shape index (κ1) is 14.9. The number of ether oxygens (including phenoxy) is 2. The van der Waals surface area contributed by atoms with Crippen LogP contribution in [-0.4, -0.2) is 30.4 Å². The smallest absolute Gasteiger partial charge is 0.213 e. The van der Waals surface area contributed by atoms with Crippen molar-refractivity contribution in [2.75, 3.05) is 20.3 Å². The zero-order chi connectivity index (χ0) is 13.6. The number of nitrogens with zero attached hydrogens (tertiary/aromatic N) is 1. The highest BCUT2D eigenvalue weighted by atomic mass is 16.5. The topological polar surface area (TPSA) is 51.6 Å². The van der Waals surface area contributed by atoms with E-state index in [0.717, 1.165) is 17.7 Å². The summed E-state index contributed by atoms with van der Waals surface area (Å²) in [7, 11) is 1.67. The number of hydrogen-bond donors (Lipinski definition) is 1. The second-order valence-electron chi connectivity index (χ2n) is 5.30. The molecule has 18 heavy (non-hydrogen) atoms. The van der Waals surface area contributed by atoms with Crippen LogP contribution in [0.5, 0.6) is 5.88 Å². The minimum Gasteiger partial charge on any atom is -0.478 e. The van der Waals surface area contributed by atoms with E-state index in [-0.39, 0.29) is 12.0 Å². The van der Waals surface area contributed by atoms with Crippen molar-refractivity contribution < 1.29 is 14.6 Å². The lowest BCUT2D eigenvalue weighted by atomic mass is 9.91. The number of pyridine rings is 1. The maximum Gasteiger partial charge on any atom is 0.213 e. The molecule has 0 fully saturated rings. The van der Waals surface area contributed by atoms with Crippen LogP contribution < -0.4 is 4.74 Å². The van der Waals surface area contributed by atoms with Gasteiger partial charge in [-0.2, -0.15) is 0 Å². The monoisotopic (exact) mass is 253 g/mol. The standard InChI is InChI=1S/C14H23NO3/c1-14(2,3)12-8-11(10-16)9-13(15-12)18-7-5-6-17-4/h8-9,16H,5-7,10H2,1-4H3. The molecule has 0 radical (unpaired) electrons. The number of rotatable bonds is 6. The van der Waals surface area contributed by atoms with E-state index in [9.17, 15) is 5.11 Å². The molecule has 1 rings (SSSR count). The second kappa shape index (κ2) is 6.71. The van der Waals surface area contributed by atoms with Crippen LogP contribution in [0.2, 0.25) is 0 Å². The molecule has 0 aliphatic rings. The fraction of sp³-hybridized carbons (Fsp3) is 0.643. The van der Waals surface area contributed by atoms with Gasteiger partial charge in [0.1, 0.15) is 0 Å². The Morgan fingerprint density at radius 2 is 1.94 bits per heavy atom. The highest BCUT2D eigenvalue weighted by Crippen LogP contribution is 2.24. The van der Waals surface area contributed by atoms with E-state index in [1.54, 1.807) is 13.2 Å². The third kappa shape index (κ3) is 4.63. The van der Waals surface area contributed by atoms with Crippen LogP contribution in [0.25, 0.3) is 0 Å². The predicted octanol–water partition coefficient (Wildman–Crippen LogP) is 2.29.